The quantitative estimate of drug-likeness (QED) is 0.290. The highest BCUT2D eigenvalue weighted by atomic mass is 16.3. The molecule has 2 aromatic rings. The average molecular weight is 261 g/mol. The maximum absolute atomic E-state index is 7.65. The molecule has 1 aliphatic heterocycles. The number of nitrogens with two attached hydrogens (primary N) is 1. The Balaban J connectivity index is 2.26. The summed E-state index contributed by atoms with van der Waals surface area (Å²) in [5.41, 5.74) is 8.91. The number of fused-ring (bicyclic) bond motifs is 4. The lowest BCUT2D eigenvalue weighted by Gasteiger charge is -2.09. The van der Waals surface area contributed by atoms with E-state index in [1.807, 2.05) is 24.3 Å². The topological polar surface area (TPSA) is 75.9 Å². The van der Waals surface area contributed by atoms with Gasteiger partial charge in [-0.25, -0.2) is 4.98 Å². The zero-order chi connectivity index (χ0) is 13.7. The molecule has 0 saturated carbocycles. The summed E-state index contributed by atoms with van der Waals surface area (Å²) in [4.78, 5) is 4.66. The molecule has 0 amide bonds. The van der Waals surface area contributed by atoms with Crippen LogP contribution in [0.5, 0.6) is 0 Å². The molecule has 0 spiro atoms. The molecule has 0 saturated heterocycles. The van der Waals surface area contributed by atoms with Gasteiger partial charge in [-0.05, 0) is 12.1 Å². The largest absolute Gasteiger partial charge is 0.453 e. The molecule has 0 unspecified atom stereocenters. The molecule has 1 aliphatic carbocycles. The zero-order valence-corrected chi connectivity index (χ0v) is 10.6. The van der Waals surface area contributed by atoms with Gasteiger partial charge in [-0.15, -0.1) is 0 Å². The third kappa shape index (κ3) is 1.48. The molecule has 0 aromatic heterocycles. The molecule has 4 heteroatoms. The van der Waals surface area contributed by atoms with Crippen molar-refractivity contribution in [2.75, 3.05) is 5.73 Å². The van der Waals surface area contributed by atoms with Crippen LogP contribution in [0.3, 0.4) is 0 Å². The number of nitrogens with one attached hydrogen (secondary N) is 1. The summed E-state index contributed by atoms with van der Waals surface area (Å²) < 4.78 is 5.85. The number of hydrogen-bond acceptors (Lipinski definition) is 4. The number of anilines is 1. The highest BCUT2D eigenvalue weighted by molar-refractivity contribution is 6.09. The van der Waals surface area contributed by atoms with E-state index in [9.17, 15) is 0 Å². The van der Waals surface area contributed by atoms with Gasteiger partial charge in [-0.1, -0.05) is 24.3 Å². The van der Waals surface area contributed by atoms with E-state index in [2.05, 4.69) is 4.98 Å². The fraction of sp³-hybridized carbons (Fsp3) is 0. The van der Waals surface area contributed by atoms with Gasteiger partial charge in [0.15, 0.2) is 11.3 Å². The van der Waals surface area contributed by atoms with Crippen LogP contribution in [-0.4, -0.2) is 4.98 Å². The van der Waals surface area contributed by atoms with Crippen molar-refractivity contribution < 1.29 is 4.42 Å². The van der Waals surface area contributed by atoms with Crippen molar-refractivity contribution in [3.05, 3.63) is 53.9 Å². The van der Waals surface area contributed by atoms with E-state index in [0.29, 0.717) is 22.4 Å². The van der Waals surface area contributed by atoms with Gasteiger partial charge in [-0.3, -0.25) is 0 Å². The first-order valence-electron chi connectivity index (χ1n) is 6.29. The van der Waals surface area contributed by atoms with Crippen LogP contribution < -0.4 is 11.1 Å². The molecule has 0 fully saturated rings. The van der Waals surface area contributed by atoms with E-state index in [0.717, 1.165) is 22.0 Å². The van der Waals surface area contributed by atoms with Crippen molar-refractivity contribution in [3.63, 3.8) is 0 Å². The van der Waals surface area contributed by atoms with Gasteiger partial charge in [0.25, 0.3) is 0 Å². The Morgan fingerprint density at radius 1 is 1.00 bits per heavy atom. The third-order valence-electron chi connectivity index (χ3n) is 3.43. The Labute approximate surface area is 114 Å². The minimum absolute atomic E-state index is 0.399. The van der Waals surface area contributed by atoms with Gasteiger partial charge >= 0.3 is 0 Å². The van der Waals surface area contributed by atoms with Crippen molar-refractivity contribution >= 4 is 27.6 Å². The number of benzene rings is 3. The van der Waals surface area contributed by atoms with Crippen LogP contribution in [0, 0.1) is 5.41 Å². The van der Waals surface area contributed by atoms with Gasteiger partial charge in [0.1, 0.15) is 11.2 Å². The number of nitrogens with zero attached hydrogens (tertiary/aromatic N) is 1. The van der Waals surface area contributed by atoms with Crippen LogP contribution in [0.15, 0.2) is 52.9 Å². The minimum atomic E-state index is 0.399. The molecule has 0 bridgehead atoms. The summed E-state index contributed by atoms with van der Waals surface area (Å²) in [6.45, 7) is 0. The Bertz CT molecular complexity index is 988. The predicted octanol–water partition coefficient (Wildman–Crippen LogP) is 3.15. The van der Waals surface area contributed by atoms with E-state index in [1.54, 1.807) is 24.3 Å². The molecule has 3 N–H and O–H groups in total. The van der Waals surface area contributed by atoms with Crippen molar-refractivity contribution in [2.24, 2.45) is 0 Å². The lowest BCUT2D eigenvalue weighted by molar-refractivity contribution is 0.613. The maximum atomic E-state index is 7.65. The Morgan fingerprint density at radius 2 is 1.80 bits per heavy atom. The number of aromatic nitrogens is 1. The van der Waals surface area contributed by atoms with E-state index in [4.69, 9.17) is 15.6 Å². The highest BCUT2D eigenvalue weighted by Crippen LogP contribution is 2.32. The minimum Gasteiger partial charge on any atom is -0.453 e. The first-order valence-corrected chi connectivity index (χ1v) is 6.29. The van der Waals surface area contributed by atoms with Crippen molar-refractivity contribution in [2.45, 2.75) is 0 Å². The van der Waals surface area contributed by atoms with Crippen LogP contribution >= 0.6 is 0 Å². The van der Waals surface area contributed by atoms with Crippen LogP contribution in [0.4, 0.5) is 5.69 Å². The molecule has 4 nitrogen and oxygen atoms in total. The Morgan fingerprint density at radius 3 is 2.65 bits per heavy atom. The molecule has 96 valence electrons. The van der Waals surface area contributed by atoms with Gasteiger partial charge in [0, 0.05) is 28.6 Å². The summed E-state index contributed by atoms with van der Waals surface area (Å²) in [6, 6.07) is 14.8. The molecule has 4 rings (SSSR count). The van der Waals surface area contributed by atoms with Crippen molar-refractivity contribution in [1.82, 2.24) is 4.98 Å². The summed E-state index contributed by atoms with van der Waals surface area (Å²) >= 11 is 0. The van der Waals surface area contributed by atoms with E-state index < -0.39 is 0 Å². The second kappa shape index (κ2) is 3.81. The predicted molar refractivity (Wildman–Crippen MR) is 78.4 cm³/mol. The van der Waals surface area contributed by atoms with E-state index in [-0.39, 0.29) is 0 Å². The second-order valence-corrected chi connectivity index (χ2v) is 4.75. The molecule has 2 aromatic carbocycles. The van der Waals surface area contributed by atoms with Crippen LogP contribution in [0.2, 0.25) is 0 Å². The molecule has 2 aliphatic rings. The Kier molecular flexibility index (Phi) is 2.09. The number of nitrogen functional groups attached to an aromatic ring is 1. The van der Waals surface area contributed by atoms with Crippen LogP contribution in [0.25, 0.3) is 33.3 Å². The standard InChI is InChI=1S/C16H11N3O/c17-9-5-6-13-14(7-9)20-15-8-12(18)10-3-1-2-4-11(10)16(15)19-13/h1-8,17H,18H2. The van der Waals surface area contributed by atoms with Crippen molar-refractivity contribution in [1.29, 1.82) is 5.41 Å². The Hall–Kier alpha value is -2.88. The van der Waals surface area contributed by atoms with Crippen LogP contribution in [0.1, 0.15) is 0 Å². The summed E-state index contributed by atoms with van der Waals surface area (Å²) in [5.74, 6) is 0.597. The molecule has 0 atom stereocenters. The monoisotopic (exact) mass is 261 g/mol. The lowest BCUT2D eigenvalue weighted by Crippen LogP contribution is -2.00. The molecule has 1 heterocycles. The molecular formula is C16H11N3O. The fourth-order valence-electron chi connectivity index (χ4n) is 2.48. The smallest absolute Gasteiger partial charge is 0.155 e. The van der Waals surface area contributed by atoms with Gasteiger partial charge in [0.2, 0.25) is 0 Å². The highest BCUT2D eigenvalue weighted by Gasteiger charge is 2.12. The van der Waals surface area contributed by atoms with Crippen molar-refractivity contribution in [3.8, 4) is 11.5 Å². The lowest BCUT2D eigenvalue weighted by atomic mass is 10.1. The van der Waals surface area contributed by atoms with Gasteiger partial charge < -0.3 is 15.6 Å². The molecule has 0 radical (unpaired) electrons. The fourth-order valence-corrected chi connectivity index (χ4v) is 2.48. The first kappa shape index (κ1) is 11.0. The SMILES string of the molecule is N=c1ccc2nc3c(cc(N)c4ccccc43)oc-2c1. The number of rotatable bonds is 0. The summed E-state index contributed by atoms with van der Waals surface area (Å²) in [6.07, 6.45) is 0. The average Bonchev–Trinajstić information content (AvgIpc) is 2.46. The molecular weight excluding hydrogens is 250 g/mol. The zero-order valence-electron chi connectivity index (χ0n) is 10.6. The van der Waals surface area contributed by atoms with Crippen LogP contribution in [-0.2, 0) is 0 Å². The third-order valence-corrected chi connectivity index (χ3v) is 3.43. The number of hydrogen-bond donors (Lipinski definition) is 2. The normalized spacial score (nSPS) is 11.4. The summed E-state index contributed by atoms with van der Waals surface area (Å²) in [5, 5.41) is 9.99. The molecule has 20 heavy (non-hydrogen) atoms. The van der Waals surface area contributed by atoms with Gasteiger partial charge in [0.05, 0.1) is 5.36 Å². The second-order valence-electron chi connectivity index (χ2n) is 4.75. The van der Waals surface area contributed by atoms with E-state index in [1.165, 1.54) is 0 Å². The maximum Gasteiger partial charge on any atom is 0.155 e. The summed E-state index contributed by atoms with van der Waals surface area (Å²) in [7, 11) is 0. The first-order chi connectivity index (χ1) is 9.72. The van der Waals surface area contributed by atoms with Gasteiger partial charge in [-0.2, -0.15) is 0 Å². The van der Waals surface area contributed by atoms with E-state index >= 15 is 0 Å².